The van der Waals surface area contributed by atoms with Crippen LogP contribution in [-0.4, -0.2) is 47.5 Å². The van der Waals surface area contributed by atoms with Crippen LogP contribution in [0.15, 0.2) is 24.4 Å². The average molecular weight is 498 g/mol. The van der Waals surface area contributed by atoms with Crippen molar-refractivity contribution in [1.29, 1.82) is 0 Å². The van der Waals surface area contributed by atoms with Crippen molar-refractivity contribution in [2.75, 3.05) is 29.9 Å². The number of halogens is 5. The molecule has 0 radical (unpaired) electrons. The van der Waals surface area contributed by atoms with Crippen molar-refractivity contribution < 1.29 is 26.7 Å². The molecule has 35 heavy (non-hydrogen) atoms. The van der Waals surface area contributed by atoms with Crippen molar-refractivity contribution >= 4 is 17.5 Å². The summed E-state index contributed by atoms with van der Waals surface area (Å²) in [4.78, 5) is 22.7. The van der Waals surface area contributed by atoms with Crippen molar-refractivity contribution in [3.05, 3.63) is 35.5 Å². The predicted molar refractivity (Wildman–Crippen MR) is 123 cm³/mol. The molecular weight excluding hydrogens is 469 g/mol. The van der Waals surface area contributed by atoms with Gasteiger partial charge in [-0.1, -0.05) is 6.92 Å². The van der Waals surface area contributed by atoms with Crippen LogP contribution in [0.2, 0.25) is 0 Å². The van der Waals surface area contributed by atoms with Gasteiger partial charge in [0.15, 0.2) is 0 Å². The number of carbonyl (C=O) groups is 1. The largest absolute Gasteiger partial charge is 0.416 e. The number of anilines is 2. The molecule has 0 aromatic carbocycles. The first-order valence-electron chi connectivity index (χ1n) is 11.6. The maximum atomic E-state index is 14.5. The number of rotatable bonds is 6. The zero-order valence-corrected chi connectivity index (χ0v) is 19.7. The molecule has 1 aliphatic heterocycles. The van der Waals surface area contributed by atoms with Gasteiger partial charge in [0, 0.05) is 54.8 Å². The van der Waals surface area contributed by atoms with E-state index in [-0.39, 0.29) is 46.3 Å². The van der Waals surface area contributed by atoms with E-state index in [0.29, 0.717) is 32.5 Å². The van der Waals surface area contributed by atoms with E-state index in [1.54, 1.807) is 4.90 Å². The van der Waals surface area contributed by atoms with Crippen molar-refractivity contribution in [2.45, 2.75) is 57.7 Å². The topological polar surface area (TPSA) is 70.2 Å². The second-order valence-corrected chi connectivity index (χ2v) is 9.46. The van der Waals surface area contributed by atoms with Crippen LogP contribution in [0.25, 0.3) is 11.3 Å². The third-order valence-corrected chi connectivity index (χ3v) is 6.48. The number of alkyl halides is 5. The van der Waals surface area contributed by atoms with Gasteiger partial charge in [-0.25, -0.2) is 18.7 Å². The van der Waals surface area contributed by atoms with Gasteiger partial charge in [0.1, 0.15) is 11.6 Å². The van der Waals surface area contributed by atoms with E-state index < -0.39 is 23.6 Å². The lowest BCUT2D eigenvalue weighted by Gasteiger charge is -2.33. The molecule has 4 rings (SSSR count). The number of aromatic nitrogens is 2. The second kappa shape index (κ2) is 9.33. The van der Waals surface area contributed by atoms with Crippen LogP contribution in [0, 0.1) is 5.92 Å². The fourth-order valence-electron chi connectivity index (χ4n) is 4.17. The first-order valence-corrected chi connectivity index (χ1v) is 11.6. The molecule has 3 heterocycles. The Bertz CT molecular complexity index is 1100. The molecule has 2 aliphatic rings. The van der Waals surface area contributed by atoms with Crippen molar-refractivity contribution in [2.24, 2.45) is 5.92 Å². The van der Waals surface area contributed by atoms with Gasteiger partial charge in [0.2, 0.25) is 5.91 Å². The van der Waals surface area contributed by atoms with Gasteiger partial charge in [-0.2, -0.15) is 13.2 Å². The Hall–Kier alpha value is -2.82. The number of nitrogens with one attached hydrogen (secondary N) is 2. The molecule has 1 aliphatic carbocycles. The number of hydrogen-bond donors (Lipinski definition) is 2. The van der Waals surface area contributed by atoms with E-state index in [4.69, 9.17) is 0 Å². The SMILES string of the molecule is CC1CN(c2cc(C(F)(F)F)cc(-c3ccnc(NC(=O)C4CC4)c3C(C)C(C)(F)F)n2)CCN1. The van der Waals surface area contributed by atoms with Crippen LogP contribution >= 0.6 is 0 Å². The second-order valence-electron chi connectivity index (χ2n) is 9.46. The highest BCUT2D eigenvalue weighted by atomic mass is 19.4. The molecule has 0 spiro atoms. The third kappa shape index (κ3) is 5.71. The normalized spacial score (nSPS) is 20.0. The van der Waals surface area contributed by atoms with E-state index in [9.17, 15) is 26.7 Å². The summed E-state index contributed by atoms with van der Waals surface area (Å²) in [6.45, 7) is 5.39. The molecule has 2 atom stereocenters. The summed E-state index contributed by atoms with van der Waals surface area (Å²) >= 11 is 0. The van der Waals surface area contributed by atoms with Crippen molar-refractivity contribution in [1.82, 2.24) is 15.3 Å². The number of piperazine rings is 1. The van der Waals surface area contributed by atoms with Gasteiger partial charge in [-0.15, -0.1) is 0 Å². The molecule has 1 saturated heterocycles. The number of pyridine rings is 2. The number of hydrogen-bond acceptors (Lipinski definition) is 5. The summed E-state index contributed by atoms with van der Waals surface area (Å²) in [7, 11) is 0. The van der Waals surface area contributed by atoms with Crippen LogP contribution in [0.3, 0.4) is 0 Å². The monoisotopic (exact) mass is 497 g/mol. The van der Waals surface area contributed by atoms with Gasteiger partial charge in [0.25, 0.3) is 5.92 Å². The minimum absolute atomic E-state index is 0.0412. The molecular formula is C24H28F5N5O. The molecule has 190 valence electrons. The Morgan fingerprint density at radius 1 is 1.23 bits per heavy atom. The first kappa shape index (κ1) is 25.3. The van der Waals surface area contributed by atoms with Crippen molar-refractivity contribution in [3.63, 3.8) is 0 Å². The third-order valence-electron chi connectivity index (χ3n) is 6.48. The lowest BCUT2D eigenvalue weighted by atomic mass is 9.89. The molecule has 2 unspecified atom stereocenters. The van der Waals surface area contributed by atoms with E-state index >= 15 is 0 Å². The van der Waals surface area contributed by atoms with E-state index in [1.165, 1.54) is 19.2 Å². The van der Waals surface area contributed by atoms with Crippen LogP contribution in [0.1, 0.15) is 50.7 Å². The molecule has 2 aromatic rings. The van der Waals surface area contributed by atoms with Crippen LogP contribution in [-0.2, 0) is 11.0 Å². The number of carbonyl (C=O) groups excluding carboxylic acids is 1. The standard InChI is InChI=1S/C24H28F5N5O/c1-13-12-34(9-8-30-13)19-11-16(24(27,28)29)10-18(32-19)17-6-7-31-21(33-22(35)15-4-5-15)20(17)14(2)23(3,25)26/h6-7,10-11,13-15,30H,4-5,8-9,12H2,1-3H3,(H,31,33,35). The zero-order chi connectivity index (χ0) is 25.5. The summed E-state index contributed by atoms with van der Waals surface area (Å²) in [6.07, 6.45) is -1.98. The highest BCUT2D eigenvalue weighted by Crippen LogP contribution is 2.43. The minimum atomic E-state index is -4.66. The minimum Gasteiger partial charge on any atom is -0.354 e. The predicted octanol–water partition coefficient (Wildman–Crippen LogP) is 5.07. The fourth-order valence-corrected chi connectivity index (χ4v) is 4.17. The molecule has 2 N–H and O–H groups in total. The van der Waals surface area contributed by atoms with E-state index in [1.807, 2.05) is 6.92 Å². The number of amides is 1. The average Bonchev–Trinajstić information content (AvgIpc) is 3.62. The van der Waals surface area contributed by atoms with Crippen LogP contribution in [0.5, 0.6) is 0 Å². The molecule has 1 amide bonds. The molecule has 0 bridgehead atoms. The lowest BCUT2D eigenvalue weighted by Crippen LogP contribution is -2.49. The maximum Gasteiger partial charge on any atom is 0.416 e. The molecule has 1 saturated carbocycles. The van der Waals surface area contributed by atoms with Crippen LogP contribution < -0.4 is 15.5 Å². The maximum absolute atomic E-state index is 14.5. The van der Waals surface area contributed by atoms with E-state index in [0.717, 1.165) is 19.1 Å². The first-order chi connectivity index (χ1) is 16.3. The molecule has 2 fully saturated rings. The fraction of sp³-hybridized carbons (Fsp3) is 0.542. The molecule has 11 heteroatoms. The Balaban J connectivity index is 1.87. The summed E-state index contributed by atoms with van der Waals surface area (Å²) in [6, 6.07) is 3.26. The zero-order valence-electron chi connectivity index (χ0n) is 19.7. The highest BCUT2D eigenvalue weighted by molar-refractivity contribution is 5.94. The lowest BCUT2D eigenvalue weighted by molar-refractivity contribution is -0.137. The Labute approximate surface area is 200 Å². The van der Waals surface area contributed by atoms with Gasteiger partial charge in [0.05, 0.1) is 11.3 Å². The summed E-state index contributed by atoms with van der Waals surface area (Å²) < 4.78 is 70.6. The highest BCUT2D eigenvalue weighted by Gasteiger charge is 2.38. The Morgan fingerprint density at radius 2 is 1.94 bits per heavy atom. The van der Waals surface area contributed by atoms with Crippen LogP contribution in [0.4, 0.5) is 33.6 Å². The molecule has 2 aromatic heterocycles. The van der Waals surface area contributed by atoms with Crippen molar-refractivity contribution in [3.8, 4) is 11.3 Å². The summed E-state index contributed by atoms with van der Waals surface area (Å²) in [5.74, 6) is -5.18. The molecule has 6 nitrogen and oxygen atoms in total. The summed E-state index contributed by atoms with van der Waals surface area (Å²) in [5.41, 5.74) is -0.988. The smallest absolute Gasteiger partial charge is 0.354 e. The van der Waals surface area contributed by atoms with E-state index in [2.05, 4.69) is 20.6 Å². The van der Waals surface area contributed by atoms with Gasteiger partial charge in [-0.3, -0.25) is 4.79 Å². The Kier molecular flexibility index (Phi) is 6.74. The Morgan fingerprint density at radius 3 is 2.54 bits per heavy atom. The quantitative estimate of drug-likeness (QED) is 0.546. The van der Waals surface area contributed by atoms with Gasteiger partial charge in [-0.05, 0) is 44.9 Å². The van der Waals surface area contributed by atoms with Gasteiger partial charge < -0.3 is 15.5 Å². The van der Waals surface area contributed by atoms with Gasteiger partial charge >= 0.3 is 6.18 Å². The number of nitrogens with zero attached hydrogens (tertiary/aromatic N) is 3. The summed E-state index contributed by atoms with van der Waals surface area (Å²) in [5, 5.41) is 5.84.